The van der Waals surface area contributed by atoms with Gasteiger partial charge in [-0.25, -0.2) is 9.78 Å². The van der Waals surface area contributed by atoms with Crippen LogP contribution in [0.1, 0.15) is 32.1 Å². The van der Waals surface area contributed by atoms with E-state index in [1.807, 2.05) is 37.3 Å². The second-order valence-electron chi connectivity index (χ2n) is 5.17. The first-order chi connectivity index (χ1) is 11.0. The molecular weight excluding hydrogens is 312 g/mol. The predicted octanol–water partition coefficient (Wildman–Crippen LogP) is 3.24. The Balaban J connectivity index is 2.11. The van der Waals surface area contributed by atoms with Crippen LogP contribution in [0, 0.1) is 13.8 Å². The number of aryl methyl sites for hydroxylation is 1. The molecule has 0 aliphatic heterocycles. The van der Waals surface area contributed by atoms with Crippen molar-refractivity contribution in [3.05, 3.63) is 68.1 Å². The van der Waals surface area contributed by atoms with Crippen LogP contribution >= 0.6 is 11.3 Å². The molecule has 0 amide bonds. The fraction of sp³-hybridized carbons (Fsp3) is 0.118. The van der Waals surface area contributed by atoms with Gasteiger partial charge in [0.25, 0.3) is 5.56 Å². The van der Waals surface area contributed by atoms with Crippen molar-refractivity contribution in [1.82, 2.24) is 9.38 Å². The summed E-state index contributed by atoms with van der Waals surface area (Å²) in [5.74, 6) is -1.06. The smallest absolute Gasteiger partial charge is 0.347 e. The fourth-order valence-corrected chi connectivity index (χ4v) is 3.07. The molecule has 116 valence electrons. The van der Waals surface area contributed by atoms with Crippen LogP contribution in [0.15, 0.2) is 35.3 Å². The molecule has 0 bridgehead atoms. The lowest BCUT2D eigenvalue weighted by molar-refractivity contribution is 0.0701. The second-order valence-corrected chi connectivity index (χ2v) is 6.18. The van der Waals surface area contributed by atoms with Gasteiger partial charge in [0.2, 0.25) is 0 Å². The van der Waals surface area contributed by atoms with Crippen LogP contribution in [0.3, 0.4) is 0 Å². The molecule has 6 heteroatoms. The Kier molecular flexibility index (Phi) is 3.83. The van der Waals surface area contributed by atoms with E-state index < -0.39 is 5.97 Å². The molecule has 0 fully saturated rings. The first-order valence-electron chi connectivity index (χ1n) is 6.97. The molecule has 3 rings (SSSR count). The van der Waals surface area contributed by atoms with Crippen LogP contribution < -0.4 is 5.56 Å². The highest BCUT2D eigenvalue weighted by molar-refractivity contribution is 7.18. The summed E-state index contributed by atoms with van der Waals surface area (Å²) in [7, 11) is 0. The Morgan fingerprint density at radius 3 is 2.70 bits per heavy atom. The SMILES string of the molecule is Cc1ccccc1/C=C/c1nc2sc(C(=O)O)cn2c(=O)c1C. The minimum absolute atomic E-state index is 0.0917. The molecule has 0 aliphatic rings. The van der Waals surface area contributed by atoms with Gasteiger partial charge in [-0.3, -0.25) is 9.20 Å². The number of fused-ring (bicyclic) bond motifs is 1. The molecule has 2 aromatic heterocycles. The zero-order valence-corrected chi connectivity index (χ0v) is 13.4. The van der Waals surface area contributed by atoms with Gasteiger partial charge in [0.05, 0.1) is 5.69 Å². The van der Waals surface area contributed by atoms with Crippen LogP contribution in [-0.2, 0) is 0 Å². The molecular formula is C17H14N2O3S. The third-order valence-electron chi connectivity index (χ3n) is 3.61. The zero-order chi connectivity index (χ0) is 16.6. The summed E-state index contributed by atoms with van der Waals surface area (Å²) >= 11 is 0.986. The topological polar surface area (TPSA) is 71.7 Å². The number of hydrogen-bond acceptors (Lipinski definition) is 4. The lowest BCUT2D eigenvalue weighted by Crippen LogP contribution is -2.17. The van der Waals surface area contributed by atoms with Gasteiger partial charge in [-0.1, -0.05) is 41.7 Å². The lowest BCUT2D eigenvalue weighted by Gasteiger charge is -2.01. The molecule has 0 spiro atoms. The number of benzene rings is 1. The van der Waals surface area contributed by atoms with Crippen LogP contribution in [0.5, 0.6) is 0 Å². The average Bonchev–Trinajstić information content (AvgIpc) is 2.95. The Hall–Kier alpha value is -2.73. The molecule has 1 N–H and O–H groups in total. The maximum Gasteiger partial charge on any atom is 0.347 e. The van der Waals surface area contributed by atoms with Crippen LogP contribution in [0.2, 0.25) is 0 Å². The molecule has 0 saturated carbocycles. The lowest BCUT2D eigenvalue weighted by atomic mass is 10.1. The number of thiazole rings is 1. The van der Waals surface area contributed by atoms with Gasteiger partial charge in [0, 0.05) is 11.8 Å². The van der Waals surface area contributed by atoms with E-state index in [2.05, 4.69) is 4.98 Å². The summed E-state index contributed by atoms with van der Waals surface area (Å²) in [5.41, 5.74) is 2.97. The van der Waals surface area contributed by atoms with Crippen LogP contribution in [0.4, 0.5) is 0 Å². The van der Waals surface area contributed by atoms with Crippen molar-refractivity contribution in [3.8, 4) is 0 Å². The van der Waals surface area contributed by atoms with E-state index in [0.29, 0.717) is 16.2 Å². The third-order valence-corrected chi connectivity index (χ3v) is 4.58. The molecule has 2 heterocycles. The van der Waals surface area contributed by atoms with E-state index in [1.165, 1.54) is 10.6 Å². The molecule has 3 aromatic rings. The summed E-state index contributed by atoms with van der Waals surface area (Å²) in [6.07, 6.45) is 5.02. The monoisotopic (exact) mass is 326 g/mol. The summed E-state index contributed by atoms with van der Waals surface area (Å²) in [4.78, 5) is 28.3. The Bertz CT molecular complexity index is 999. The van der Waals surface area contributed by atoms with Gasteiger partial charge in [-0.15, -0.1) is 0 Å². The van der Waals surface area contributed by atoms with E-state index in [1.54, 1.807) is 13.0 Å². The largest absolute Gasteiger partial charge is 0.477 e. The highest BCUT2D eigenvalue weighted by Gasteiger charge is 2.13. The number of aromatic nitrogens is 2. The normalized spacial score (nSPS) is 11.4. The van der Waals surface area contributed by atoms with Gasteiger partial charge in [0.15, 0.2) is 4.96 Å². The Labute approximate surface area is 136 Å². The van der Waals surface area contributed by atoms with Crippen molar-refractivity contribution < 1.29 is 9.90 Å². The number of rotatable bonds is 3. The second kappa shape index (κ2) is 5.81. The minimum Gasteiger partial charge on any atom is -0.477 e. The van der Waals surface area contributed by atoms with Crippen molar-refractivity contribution in [1.29, 1.82) is 0 Å². The van der Waals surface area contributed by atoms with Crippen molar-refractivity contribution in [3.63, 3.8) is 0 Å². The zero-order valence-electron chi connectivity index (χ0n) is 12.6. The van der Waals surface area contributed by atoms with E-state index in [9.17, 15) is 9.59 Å². The molecule has 23 heavy (non-hydrogen) atoms. The Morgan fingerprint density at radius 2 is 2.00 bits per heavy atom. The van der Waals surface area contributed by atoms with Gasteiger partial charge in [-0.05, 0) is 31.1 Å². The molecule has 0 aliphatic carbocycles. The summed E-state index contributed by atoms with van der Waals surface area (Å²) in [5, 5.41) is 9.05. The first-order valence-corrected chi connectivity index (χ1v) is 7.79. The molecule has 0 radical (unpaired) electrons. The van der Waals surface area contributed by atoms with E-state index in [4.69, 9.17) is 5.11 Å². The number of hydrogen-bond donors (Lipinski definition) is 1. The predicted molar refractivity (Wildman–Crippen MR) is 91.1 cm³/mol. The van der Waals surface area contributed by atoms with E-state index in [0.717, 1.165) is 22.5 Å². The number of aromatic carboxylic acids is 1. The summed E-state index contributed by atoms with van der Waals surface area (Å²) in [6, 6.07) is 7.91. The van der Waals surface area contributed by atoms with E-state index >= 15 is 0 Å². The van der Waals surface area contributed by atoms with Crippen molar-refractivity contribution in [2.45, 2.75) is 13.8 Å². The number of carboxylic acids is 1. The maximum absolute atomic E-state index is 12.4. The molecule has 0 saturated heterocycles. The number of nitrogens with zero attached hydrogens (tertiary/aromatic N) is 2. The standard InChI is InChI=1S/C17H14N2O3S/c1-10-5-3-4-6-12(10)7-8-13-11(2)15(20)19-9-14(16(21)22)23-17(19)18-13/h3-9H,1-2H3,(H,21,22)/b8-7+. The van der Waals surface area contributed by atoms with Crippen molar-refractivity contribution in [2.24, 2.45) is 0 Å². The Morgan fingerprint density at radius 1 is 1.26 bits per heavy atom. The molecule has 1 aromatic carbocycles. The summed E-state index contributed by atoms with van der Waals surface area (Å²) in [6.45, 7) is 3.70. The van der Waals surface area contributed by atoms with Gasteiger partial charge in [0.1, 0.15) is 4.88 Å². The maximum atomic E-state index is 12.4. The van der Waals surface area contributed by atoms with Crippen LogP contribution in [-0.4, -0.2) is 20.5 Å². The van der Waals surface area contributed by atoms with E-state index in [-0.39, 0.29) is 10.4 Å². The van der Waals surface area contributed by atoms with Gasteiger partial charge >= 0.3 is 5.97 Å². The highest BCUT2D eigenvalue weighted by Crippen LogP contribution is 2.18. The quantitative estimate of drug-likeness (QED) is 0.802. The molecule has 5 nitrogen and oxygen atoms in total. The fourth-order valence-electron chi connectivity index (χ4n) is 2.25. The summed E-state index contributed by atoms with van der Waals surface area (Å²) < 4.78 is 1.29. The molecule has 0 unspecified atom stereocenters. The van der Waals surface area contributed by atoms with Crippen molar-refractivity contribution in [2.75, 3.05) is 0 Å². The van der Waals surface area contributed by atoms with Crippen LogP contribution in [0.25, 0.3) is 17.1 Å². The molecule has 0 atom stereocenters. The number of carboxylic acid groups (broad SMARTS) is 1. The van der Waals surface area contributed by atoms with Gasteiger partial charge in [-0.2, -0.15) is 0 Å². The highest BCUT2D eigenvalue weighted by atomic mass is 32.1. The van der Waals surface area contributed by atoms with Gasteiger partial charge < -0.3 is 5.11 Å². The average molecular weight is 326 g/mol. The number of carbonyl (C=O) groups is 1. The van der Waals surface area contributed by atoms with Crippen molar-refractivity contribution >= 4 is 34.4 Å². The first kappa shape index (κ1) is 15.2. The minimum atomic E-state index is -1.06. The third kappa shape index (κ3) is 2.80.